The predicted molar refractivity (Wildman–Crippen MR) is 109 cm³/mol. The van der Waals surface area contributed by atoms with Crippen LogP contribution in [-0.4, -0.2) is 38.9 Å². The lowest BCUT2D eigenvalue weighted by Gasteiger charge is -2.47. The molecule has 2 fully saturated rings. The summed E-state index contributed by atoms with van der Waals surface area (Å²) in [6.07, 6.45) is 9.08. The Morgan fingerprint density at radius 2 is 1.93 bits per heavy atom. The molecule has 1 aromatic carbocycles. The number of benzene rings is 1. The van der Waals surface area contributed by atoms with E-state index in [1.807, 2.05) is 29.3 Å². The zero-order valence-corrected chi connectivity index (χ0v) is 16.7. The van der Waals surface area contributed by atoms with Gasteiger partial charge in [-0.05, 0) is 42.8 Å². The highest BCUT2D eigenvalue weighted by molar-refractivity contribution is 6.28. The smallest absolute Gasteiger partial charge is 0.249 e. The summed E-state index contributed by atoms with van der Waals surface area (Å²) in [5.74, 6) is 1.13. The second-order valence-corrected chi connectivity index (χ2v) is 8.66. The highest BCUT2D eigenvalue weighted by atomic mass is 35.5. The highest BCUT2D eigenvalue weighted by Crippen LogP contribution is 2.47. The summed E-state index contributed by atoms with van der Waals surface area (Å²) in [7, 11) is 0. The molecular weight excluding hydrogens is 372 g/mol. The Kier molecular flexibility index (Phi) is 4.50. The maximum absolute atomic E-state index is 13.9. The van der Waals surface area contributed by atoms with Crippen LogP contribution in [0.25, 0.3) is 0 Å². The molecule has 1 amide bonds. The Hall–Kier alpha value is -2.14. The minimum absolute atomic E-state index is 0.239. The van der Waals surface area contributed by atoms with Crippen molar-refractivity contribution in [1.82, 2.24) is 14.9 Å². The number of hydrogen-bond donors (Lipinski definition) is 0. The van der Waals surface area contributed by atoms with Crippen LogP contribution in [0.5, 0.6) is 0 Å². The number of hydrogen-bond acceptors (Lipinski definition) is 4. The van der Waals surface area contributed by atoms with Gasteiger partial charge in [-0.2, -0.15) is 0 Å². The number of aromatic nitrogens is 2. The van der Waals surface area contributed by atoms with E-state index in [0.29, 0.717) is 19.0 Å². The van der Waals surface area contributed by atoms with Crippen LogP contribution in [0.2, 0.25) is 5.28 Å². The first kappa shape index (κ1) is 17.9. The topological polar surface area (TPSA) is 49.3 Å². The summed E-state index contributed by atoms with van der Waals surface area (Å²) >= 11 is 6.15. The van der Waals surface area contributed by atoms with Gasteiger partial charge in [0.2, 0.25) is 11.2 Å². The van der Waals surface area contributed by atoms with E-state index in [0.717, 1.165) is 43.6 Å². The molecule has 3 aliphatic rings. The van der Waals surface area contributed by atoms with Crippen molar-refractivity contribution in [2.24, 2.45) is 0 Å². The summed E-state index contributed by atoms with van der Waals surface area (Å²) in [6, 6.07) is 10.6. The number of rotatable bonds is 3. The number of likely N-dealkylation sites (tertiary alicyclic amines) is 1. The molecule has 6 heteroatoms. The quantitative estimate of drug-likeness (QED) is 0.736. The molecule has 2 aliphatic heterocycles. The lowest BCUT2D eigenvalue weighted by atomic mass is 9.83. The minimum atomic E-state index is -0.524. The summed E-state index contributed by atoms with van der Waals surface area (Å²) in [5, 5.41) is 0.267. The number of nitrogens with zero attached hydrogens (tertiary/aromatic N) is 4. The number of piperidine rings is 1. The number of amides is 1. The standard InChI is InChI=1S/C22H25ClN4O/c23-21-24-14-17-13-22(27(19(17)25-21)18-9-4-5-10-18)11-6-12-26(20(22)28)15-16-7-2-1-3-8-16/h1-3,7-8,14,18H,4-6,9-13,15H2. The van der Waals surface area contributed by atoms with E-state index < -0.39 is 5.54 Å². The second kappa shape index (κ2) is 7.03. The molecule has 1 aliphatic carbocycles. The van der Waals surface area contributed by atoms with Gasteiger partial charge in [0.15, 0.2) is 0 Å². The molecule has 0 N–H and O–H groups in total. The molecule has 0 radical (unpaired) electrons. The third kappa shape index (κ3) is 2.87. The Morgan fingerprint density at radius 1 is 1.14 bits per heavy atom. The first-order chi connectivity index (χ1) is 13.7. The van der Waals surface area contributed by atoms with Gasteiger partial charge in [-0.25, -0.2) is 9.97 Å². The molecule has 1 saturated carbocycles. The number of carbonyl (C=O) groups excluding carboxylic acids is 1. The van der Waals surface area contributed by atoms with Gasteiger partial charge in [-0.3, -0.25) is 4.79 Å². The number of fused-ring (bicyclic) bond motifs is 1. The van der Waals surface area contributed by atoms with E-state index in [1.54, 1.807) is 0 Å². The molecule has 1 spiro atoms. The second-order valence-electron chi connectivity index (χ2n) is 8.32. The fourth-order valence-corrected chi connectivity index (χ4v) is 5.53. The molecule has 2 aromatic rings. The van der Waals surface area contributed by atoms with Crippen molar-refractivity contribution in [3.63, 3.8) is 0 Å². The molecular formula is C22H25ClN4O. The van der Waals surface area contributed by atoms with Crippen molar-refractivity contribution in [2.45, 2.75) is 63.1 Å². The van der Waals surface area contributed by atoms with E-state index in [4.69, 9.17) is 11.6 Å². The maximum atomic E-state index is 13.9. The van der Waals surface area contributed by atoms with Gasteiger partial charge in [0.1, 0.15) is 11.4 Å². The monoisotopic (exact) mass is 396 g/mol. The van der Waals surface area contributed by atoms with Crippen LogP contribution < -0.4 is 4.90 Å². The van der Waals surface area contributed by atoms with Gasteiger partial charge in [0.25, 0.3) is 0 Å². The van der Waals surface area contributed by atoms with Crippen molar-refractivity contribution < 1.29 is 4.79 Å². The number of anilines is 1. The SMILES string of the molecule is O=C1N(Cc2ccccc2)CCCC12Cc1cnc(Cl)nc1N2C1CCCC1. The molecule has 1 unspecified atom stereocenters. The van der Waals surface area contributed by atoms with Crippen LogP contribution in [0.1, 0.15) is 49.7 Å². The normalized spacial score (nSPS) is 25.0. The largest absolute Gasteiger partial charge is 0.338 e. The van der Waals surface area contributed by atoms with Crippen molar-refractivity contribution in [2.75, 3.05) is 11.4 Å². The summed E-state index contributed by atoms with van der Waals surface area (Å²) in [6.45, 7) is 1.49. The van der Waals surface area contributed by atoms with E-state index >= 15 is 0 Å². The van der Waals surface area contributed by atoms with Gasteiger partial charge in [0, 0.05) is 37.3 Å². The molecule has 146 valence electrons. The van der Waals surface area contributed by atoms with Crippen molar-refractivity contribution in [1.29, 1.82) is 0 Å². The van der Waals surface area contributed by atoms with E-state index in [-0.39, 0.29) is 11.2 Å². The van der Waals surface area contributed by atoms with Crippen LogP contribution in [0.3, 0.4) is 0 Å². The van der Waals surface area contributed by atoms with Gasteiger partial charge in [0.05, 0.1) is 0 Å². The van der Waals surface area contributed by atoms with Crippen molar-refractivity contribution in [3.05, 3.63) is 52.9 Å². The minimum Gasteiger partial charge on any atom is -0.338 e. The fourth-order valence-electron chi connectivity index (χ4n) is 5.41. The summed E-state index contributed by atoms with van der Waals surface area (Å²) in [4.78, 5) is 27.1. The number of halogens is 1. The highest BCUT2D eigenvalue weighted by Gasteiger charge is 2.55. The van der Waals surface area contributed by atoms with E-state index in [1.165, 1.54) is 18.4 Å². The molecule has 5 nitrogen and oxygen atoms in total. The van der Waals surface area contributed by atoms with Crippen LogP contribution >= 0.6 is 11.6 Å². The summed E-state index contributed by atoms with van der Waals surface area (Å²) < 4.78 is 0. The Labute approximate surface area is 170 Å². The van der Waals surface area contributed by atoms with Crippen molar-refractivity contribution >= 4 is 23.3 Å². The predicted octanol–water partition coefficient (Wildman–Crippen LogP) is 4.00. The third-order valence-corrected chi connectivity index (χ3v) is 6.78. The molecule has 0 bridgehead atoms. The molecule has 1 saturated heterocycles. The lowest BCUT2D eigenvalue weighted by molar-refractivity contribution is -0.141. The van der Waals surface area contributed by atoms with Crippen molar-refractivity contribution in [3.8, 4) is 0 Å². The van der Waals surface area contributed by atoms with E-state index in [9.17, 15) is 4.79 Å². The molecule has 1 aromatic heterocycles. The molecule has 5 rings (SSSR count). The third-order valence-electron chi connectivity index (χ3n) is 6.59. The Bertz CT molecular complexity index is 883. The number of carbonyl (C=O) groups is 1. The van der Waals surface area contributed by atoms with Gasteiger partial charge in [-0.15, -0.1) is 0 Å². The van der Waals surface area contributed by atoms with Crippen LogP contribution in [0.15, 0.2) is 36.5 Å². The van der Waals surface area contributed by atoms with Gasteiger partial charge >= 0.3 is 0 Å². The van der Waals surface area contributed by atoms with Crippen LogP contribution in [0.4, 0.5) is 5.82 Å². The fraction of sp³-hybridized carbons (Fsp3) is 0.500. The molecule has 28 heavy (non-hydrogen) atoms. The molecule has 3 heterocycles. The van der Waals surface area contributed by atoms with Gasteiger partial charge < -0.3 is 9.80 Å². The average Bonchev–Trinajstić information content (AvgIpc) is 3.32. The van der Waals surface area contributed by atoms with Crippen LogP contribution in [-0.2, 0) is 17.8 Å². The first-order valence-corrected chi connectivity index (χ1v) is 10.7. The maximum Gasteiger partial charge on any atom is 0.249 e. The first-order valence-electron chi connectivity index (χ1n) is 10.3. The van der Waals surface area contributed by atoms with Crippen LogP contribution in [0, 0.1) is 0 Å². The average molecular weight is 397 g/mol. The zero-order chi connectivity index (χ0) is 19.1. The molecule has 1 atom stereocenters. The summed E-state index contributed by atoms with van der Waals surface area (Å²) in [5.41, 5.74) is 1.72. The zero-order valence-electron chi connectivity index (χ0n) is 16.0. The Balaban J connectivity index is 1.52. The van der Waals surface area contributed by atoms with Gasteiger partial charge in [-0.1, -0.05) is 43.2 Å². The lowest BCUT2D eigenvalue weighted by Crippen LogP contribution is -2.63. The Morgan fingerprint density at radius 3 is 2.71 bits per heavy atom. The van der Waals surface area contributed by atoms with E-state index in [2.05, 4.69) is 27.0 Å².